The van der Waals surface area contributed by atoms with E-state index >= 15 is 0 Å². The Morgan fingerprint density at radius 3 is 2.66 bits per heavy atom. The van der Waals surface area contributed by atoms with E-state index in [1.54, 1.807) is 17.4 Å². The molecule has 0 radical (unpaired) electrons. The number of hydrogen-bond donors (Lipinski definition) is 4. The Hall–Kier alpha value is -3.47. The number of nitrogens with zero attached hydrogens (tertiary/aromatic N) is 1. The Morgan fingerprint density at radius 1 is 1.18 bits per heavy atom. The smallest absolute Gasteiger partial charge is 0.414 e. The first-order chi connectivity index (χ1) is 18.1. The minimum atomic E-state index is -1.82. The van der Waals surface area contributed by atoms with Crippen molar-refractivity contribution in [2.75, 3.05) is 19.7 Å². The highest BCUT2D eigenvalue weighted by atomic mass is 32.1. The SMILES string of the molecule is Cc1cc2c(OCC(O)CN3CC[C@H](c4cc5cc(F)ccc5s4)CC3C)cccc2[nH]1.O=C(O)C(=O)O. The van der Waals surface area contributed by atoms with E-state index in [1.807, 2.05) is 31.2 Å². The number of aliphatic carboxylic acids is 2. The molecular weight excluding hydrogens is 511 g/mol. The molecule has 0 aliphatic carbocycles. The fraction of sp³-hybridized carbons (Fsp3) is 0.357. The number of aromatic amines is 1. The second-order valence-electron chi connectivity index (χ2n) is 9.64. The summed E-state index contributed by atoms with van der Waals surface area (Å²) in [6, 6.07) is 15.6. The molecule has 3 heterocycles. The van der Waals surface area contributed by atoms with Crippen molar-refractivity contribution < 1.29 is 34.0 Å². The van der Waals surface area contributed by atoms with Gasteiger partial charge in [0.2, 0.25) is 0 Å². The molecule has 5 rings (SSSR count). The molecule has 1 saturated heterocycles. The maximum absolute atomic E-state index is 13.5. The Labute approximate surface area is 223 Å². The number of carbonyl (C=O) groups is 2. The number of thiophene rings is 1. The van der Waals surface area contributed by atoms with Gasteiger partial charge < -0.3 is 25.0 Å². The van der Waals surface area contributed by atoms with Gasteiger partial charge in [-0.3, -0.25) is 4.90 Å². The van der Waals surface area contributed by atoms with Crippen LogP contribution in [0.1, 0.15) is 36.3 Å². The van der Waals surface area contributed by atoms with Crippen LogP contribution < -0.4 is 4.74 Å². The van der Waals surface area contributed by atoms with E-state index in [4.69, 9.17) is 24.5 Å². The summed E-state index contributed by atoms with van der Waals surface area (Å²) in [5.74, 6) is -2.53. The summed E-state index contributed by atoms with van der Waals surface area (Å²) in [6.45, 7) is 6.08. The van der Waals surface area contributed by atoms with Crippen molar-refractivity contribution in [3.05, 3.63) is 64.9 Å². The van der Waals surface area contributed by atoms with Crippen molar-refractivity contribution in [3.63, 3.8) is 0 Å². The molecule has 1 aliphatic heterocycles. The molecule has 202 valence electrons. The molecule has 3 atom stereocenters. The zero-order chi connectivity index (χ0) is 27.4. The molecule has 0 spiro atoms. The first-order valence-electron chi connectivity index (χ1n) is 12.4. The highest BCUT2D eigenvalue weighted by Crippen LogP contribution is 2.38. The van der Waals surface area contributed by atoms with Gasteiger partial charge in [-0.1, -0.05) is 6.07 Å². The van der Waals surface area contributed by atoms with E-state index < -0.39 is 18.0 Å². The summed E-state index contributed by atoms with van der Waals surface area (Å²) in [7, 11) is 0. The number of nitrogens with one attached hydrogen (secondary N) is 1. The summed E-state index contributed by atoms with van der Waals surface area (Å²) in [4.78, 5) is 25.2. The van der Waals surface area contributed by atoms with E-state index in [2.05, 4.69) is 28.9 Å². The van der Waals surface area contributed by atoms with Gasteiger partial charge in [0.15, 0.2) is 0 Å². The zero-order valence-corrected chi connectivity index (χ0v) is 22.0. The molecule has 0 amide bonds. The lowest BCUT2D eigenvalue weighted by Gasteiger charge is -2.38. The van der Waals surface area contributed by atoms with Crippen molar-refractivity contribution in [2.24, 2.45) is 0 Å². The zero-order valence-electron chi connectivity index (χ0n) is 21.2. The van der Waals surface area contributed by atoms with E-state index in [-0.39, 0.29) is 12.4 Å². The van der Waals surface area contributed by atoms with Gasteiger partial charge in [-0.05, 0) is 87.0 Å². The van der Waals surface area contributed by atoms with Gasteiger partial charge in [-0.15, -0.1) is 11.3 Å². The summed E-state index contributed by atoms with van der Waals surface area (Å²) >= 11 is 1.78. The van der Waals surface area contributed by atoms with Crippen LogP contribution in [0.2, 0.25) is 0 Å². The van der Waals surface area contributed by atoms with Gasteiger partial charge in [-0.25, -0.2) is 14.0 Å². The number of ether oxygens (including phenoxy) is 1. The average molecular weight is 543 g/mol. The Bertz CT molecular complexity index is 1420. The highest BCUT2D eigenvalue weighted by Gasteiger charge is 2.29. The molecule has 10 heteroatoms. The van der Waals surface area contributed by atoms with E-state index in [1.165, 1.54) is 10.9 Å². The van der Waals surface area contributed by atoms with Crippen molar-refractivity contribution in [1.82, 2.24) is 9.88 Å². The van der Waals surface area contributed by atoms with E-state index in [0.717, 1.165) is 51.8 Å². The third-order valence-electron chi connectivity index (χ3n) is 6.73. The summed E-state index contributed by atoms with van der Waals surface area (Å²) < 4.78 is 20.7. The minimum absolute atomic E-state index is 0.177. The molecular formula is C28H31FN2O6S. The fourth-order valence-electron chi connectivity index (χ4n) is 4.89. The van der Waals surface area contributed by atoms with Gasteiger partial charge in [0.1, 0.15) is 24.3 Å². The number of carboxylic acid groups (broad SMARTS) is 2. The Balaban J connectivity index is 0.000000505. The number of aryl methyl sites for hydroxylation is 1. The molecule has 1 aliphatic rings. The molecule has 1 fully saturated rings. The predicted molar refractivity (Wildman–Crippen MR) is 145 cm³/mol. The first-order valence-corrected chi connectivity index (χ1v) is 13.2. The lowest BCUT2D eigenvalue weighted by Crippen LogP contribution is -2.45. The van der Waals surface area contributed by atoms with E-state index in [9.17, 15) is 9.50 Å². The number of β-amino-alcohol motifs (C(OH)–C–C–N with tert-alkyl or cyclic N) is 1. The van der Waals surface area contributed by atoms with Crippen LogP contribution in [0.15, 0.2) is 48.5 Å². The summed E-state index contributed by atoms with van der Waals surface area (Å²) in [5.41, 5.74) is 2.14. The highest BCUT2D eigenvalue weighted by molar-refractivity contribution is 7.19. The normalized spacial score (nSPS) is 18.6. The van der Waals surface area contributed by atoms with Crippen LogP contribution in [0.4, 0.5) is 4.39 Å². The monoisotopic (exact) mass is 542 g/mol. The van der Waals surface area contributed by atoms with Crippen LogP contribution in [-0.2, 0) is 9.59 Å². The molecule has 4 N–H and O–H groups in total. The number of rotatable bonds is 6. The number of likely N-dealkylation sites (tertiary alicyclic amines) is 1. The number of aliphatic hydroxyl groups is 1. The molecule has 2 unspecified atom stereocenters. The predicted octanol–water partition coefficient (Wildman–Crippen LogP) is 4.99. The maximum Gasteiger partial charge on any atom is 0.414 e. The lowest BCUT2D eigenvalue weighted by atomic mass is 9.90. The molecule has 38 heavy (non-hydrogen) atoms. The van der Waals surface area contributed by atoms with Gasteiger partial charge in [0.05, 0.1) is 0 Å². The Morgan fingerprint density at radius 2 is 1.95 bits per heavy atom. The molecule has 0 bridgehead atoms. The number of benzene rings is 2. The lowest BCUT2D eigenvalue weighted by molar-refractivity contribution is -0.159. The van der Waals surface area contributed by atoms with Crippen LogP contribution in [0.5, 0.6) is 5.75 Å². The number of hydrogen-bond acceptors (Lipinski definition) is 6. The van der Waals surface area contributed by atoms with Crippen LogP contribution in [0.25, 0.3) is 21.0 Å². The summed E-state index contributed by atoms with van der Waals surface area (Å²) in [6.07, 6.45) is 1.55. The van der Waals surface area contributed by atoms with Crippen molar-refractivity contribution >= 4 is 44.3 Å². The van der Waals surface area contributed by atoms with Crippen LogP contribution in [0, 0.1) is 12.7 Å². The van der Waals surface area contributed by atoms with Gasteiger partial charge in [-0.2, -0.15) is 0 Å². The number of aromatic nitrogens is 1. The second-order valence-corrected chi connectivity index (χ2v) is 10.8. The Kier molecular flexibility index (Phi) is 8.65. The molecule has 4 aromatic rings. The van der Waals surface area contributed by atoms with Gasteiger partial charge >= 0.3 is 11.9 Å². The van der Waals surface area contributed by atoms with Crippen LogP contribution >= 0.6 is 11.3 Å². The quantitative estimate of drug-likeness (QED) is 0.253. The summed E-state index contributed by atoms with van der Waals surface area (Å²) in [5, 5.41) is 27.5. The van der Waals surface area contributed by atoms with Gasteiger partial charge in [0.25, 0.3) is 0 Å². The number of piperidine rings is 1. The van der Waals surface area contributed by atoms with Crippen LogP contribution in [-0.4, -0.2) is 69.0 Å². The molecule has 2 aromatic heterocycles. The third-order valence-corrected chi connectivity index (χ3v) is 8.01. The van der Waals surface area contributed by atoms with Crippen molar-refractivity contribution in [3.8, 4) is 5.75 Å². The number of fused-ring (bicyclic) bond motifs is 2. The second kappa shape index (κ2) is 11.9. The molecule has 8 nitrogen and oxygen atoms in total. The largest absolute Gasteiger partial charge is 0.490 e. The van der Waals surface area contributed by atoms with Crippen molar-refractivity contribution in [1.29, 1.82) is 0 Å². The first kappa shape index (κ1) is 27.6. The topological polar surface area (TPSA) is 123 Å². The van der Waals surface area contributed by atoms with Crippen LogP contribution in [0.3, 0.4) is 0 Å². The minimum Gasteiger partial charge on any atom is -0.490 e. The average Bonchev–Trinajstić information content (AvgIpc) is 3.46. The van der Waals surface area contributed by atoms with Crippen molar-refractivity contribution in [2.45, 2.75) is 44.8 Å². The number of halogens is 1. The fourth-order valence-corrected chi connectivity index (χ4v) is 6.08. The number of H-pyrrole nitrogens is 1. The third kappa shape index (κ3) is 6.69. The molecule has 0 saturated carbocycles. The number of aliphatic hydroxyl groups excluding tert-OH is 1. The standard InChI is InChI=1S/C26H29FN2O2S.C2H2O4/c1-16-10-22-23(28-16)4-3-5-24(22)31-15-21(30)14-29-9-8-18(11-17(29)2)26-13-19-12-20(27)6-7-25(19)32-26;3-1(4)2(5)6/h3-7,10,12-13,17-18,21,28,30H,8-9,11,14-15H2,1-2H3;(H,3,4)(H,5,6)/t17?,18-,21?;/m0./s1. The number of carboxylic acids is 2. The molecule has 2 aromatic carbocycles. The maximum atomic E-state index is 13.5. The van der Waals surface area contributed by atoms with E-state index in [0.29, 0.717) is 18.5 Å². The van der Waals surface area contributed by atoms with Gasteiger partial charge in [0, 0.05) is 38.8 Å².